The number of hydrogen-bond acceptors (Lipinski definition) is 2. The van der Waals surface area contributed by atoms with E-state index in [1.807, 2.05) is 19.4 Å². The van der Waals surface area contributed by atoms with E-state index in [4.69, 9.17) is 5.73 Å². The molecule has 0 aromatic carbocycles. The van der Waals surface area contributed by atoms with Gasteiger partial charge in [0.05, 0.1) is 12.0 Å². The maximum absolute atomic E-state index is 5.90. The molecule has 0 aliphatic carbocycles. The third kappa shape index (κ3) is 1.82. The molecule has 1 atom stereocenters. The van der Waals surface area contributed by atoms with Crippen LogP contribution in [0.2, 0.25) is 0 Å². The maximum Gasteiger partial charge on any atom is 0.0953 e. The molecule has 0 bridgehead atoms. The quantitative estimate of drug-likeness (QED) is 0.802. The van der Waals surface area contributed by atoms with Gasteiger partial charge >= 0.3 is 0 Å². The molecule has 0 fully saturated rings. The molecule has 1 aromatic rings. The van der Waals surface area contributed by atoms with Crippen LogP contribution in [0.5, 0.6) is 0 Å². The van der Waals surface area contributed by atoms with E-state index in [0.29, 0.717) is 0 Å². The van der Waals surface area contributed by atoms with Crippen LogP contribution in [-0.4, -0.2) is 9.55 Å². The maximum atomic E-state index is 5.90. The van der Waals surface area contributed by atoms with E-state index >= 15 is 0 Å². The molecule has 14 heavy (non-hydrogen) atoms. The molecular weight excluding hydrogens is 174 g/mol. The molecule has 1 unspecified atom stereocenters. The van der Waals surface area contributed by atoms with Gasteiger partial charge in [-0.05, 0) is 26.7 Å². The Balaban J connectivity index is 3.10. The van der Waals surface area contributed by atoms with E-state index in [9.17, 15) is 0 Å². The third-order valence-corrected chi connectivity index (χ3v) is 3.24. The molecule has 2 N–H and O–H groups in total. The largest absolute Gasteiger partial charge is 0.327 e. The van der Waals surface area contributed by atoms with Crippen molar-refractivity contribution in [1.29, 1.82) is 0 Å². The summed E-state index contributed by atoms with van der Waals surface area (Å²) in [6, 6.07) is 0.0509. The van der Waals surface area contributed by atoms with E-state index in [1.54, 1.807) is 0 Å². The second-order valence-electron chi connectivity index (χ2n) is 4.18. The molecule has 0 saturated heterocycles. The fourth-order valence-corrected chi connectivity index (χ4v) is 1.68. The number of nitrogens with two attached hydrogens (primary N) is 1. The summed E-state index contributed by atoms with van der Waals surface area (Å²) in [6.45, 7) is 8.66. The van der Waals surface area contributed by atoms with E-state index < -0.39 is 0 Å². The van der Waals surface area contributed by atoms with Crippen molar-refractivity contribution < 1.29 is 0 Å². The first-order chi connectivity index (χ1) is 6.55. The molecule has 1 rings (SSSR count). The van der Waals surface area contributed by atoms with Gasteiger partial charge in [0, 0.05) is 17.8 Å². The van der Waals surface area contributed by atoms with Crippen molar-refractivity contribution in [2.45, 2.75) is 52.1 Å². The Morgan fingerprint density at radius 2 is 2.07 bits per heavy atom. The van der Waals surface area contributed by atoms with Gasteiger partial charge in [-0.15, -0.1) is 0 Å². The van der Waals surface area contributed by atoms with Crippen molar-refractivity contribution in [3.05, 3.63) is 18.2 Å². The van der Waals surface area contributed by atoms with Crippen molar-refractivity contribution in [2.24, 2.45) is 5.73 Å². The van der Waals surface area contributed by atoms with Crippen LogP contribution in [0, 0.1) is 0 Å². The van der Waals surface area contributed by atoms with Crippen LogP contribution in [0.4, 0.5) is 0 Å². The highest BCUT2D eigenvalue weighted by Gasteiger charge is 2.24. The Morgan fingerprint density at radius 3 is 2.50 bits per heavy atom. The summed E-state index contributed by atoms with van der Waals surface area (Å²) in [4.78, 5) is 4.19. The second kappa shape index (κ2) is 4.13. The molecule has 3 heteroatoms. The third-order valence-electron chi connectivity index (χ3n) is 3.24. The lowest BCUT2D eigenvalue weighted by Gasteiger charge is -2.31. The average molecular weight is 195 g/mol. The Kier molecular flexibility index (Phi) is 3.32. The van der Waals surface area contributed by atoms with Gasteiger partial charge < -0.3 is 10.3 Å². The summed E-state index contributed by atoms with van der Waals surface area (Å²) in [5.41, 5.74) is 7.18. The summed E-state index contributed by atoms with van der Waals surface area (Å²) >= 11 is 0. The van der Waals surface area contributed by atoms with E-state index in [2.05, 4.69) is 30.3 Å². The molecule has 0 aliphatic heterocycles. The van der Waals surface area contributed by atoms with E-state index in [-0.39, 0.29) is 11.6 Å². The average Bonchev–Trinajstić information content (AvgIpc) is 2.65. The summed E-state index contributed by atoms with van der Waals surface area (Å²) in [5.74, 6) is 0. The highest BCUT2D eigenvalue weighted by Crippen LogP contribution is 2.27. The van der Waals surface area contributed by atoms with E-state index in [1.165, 1.54) is 0 Å². The zero-order valence-corrected chi connectivity index (χ0v) is 9.62. The number of imidazole rings is 1. The molecule has 0 saturated carbocycles. The predicted molar refractivity (Wildman–Crippen MR) is 59.1 cm³/mol. The molecule has 1 aromatic heterocycles. The lowest BCUT2D eigenvalue weighted by Crippen LogP contribution is -2.31. The number of hydrogen-bond donors (Lipinski definition) is 1. The Hall–Kier alpha value is -0.830. The smallest absolute Gasteiger partial charge is 0.0953 e. The highest BCUT2D eigenvalue weighted by molar-refractivity contribution is 5.07. The number of nitrogens with zero attached hydrogens (tertiary/aromatic N) is 2. The van der Waals surface area contributed by atoms with Crippen LogP contribution in [0.25, 0.3) is 0 Å². The van der Waals surface area contributed by atoms with Crippen molar-refractivity contribution in [1.82, 2.24) is 9.55 Å². The number of aromatic nitrogens is 2. The van der Waals surface area contributed by atoms with Gasteiger partial charge in [0.15, 0.2) is 0 Å². The van der Waals surface area contributed by atoms with Crippen molar-refractivity contribution in [3.63, 3.8) is 0 Å². The van der Waals surface area contributed by atoms with Gasteiger partial charge in [-0.3, -0.25) is 0 Å². The minimum atomic E-state index is 0.0509. The molecule has 0 radical (unpaired) electrons. The molecule has 80 valence electrons. The molecular formula is C11H21N3. The minimum absolute atomic E-state index is 0.0509. The van der Waals surface area contributed by atoms with Gasteiger partial charge in [-0.2, -0.15) is 0 Å². The topological polar surface area (TPSA) is 43.8 Å². The van der Waals surface area contributed by atoms with Crippen LogP contribution in [0.3, 0.4) is 0 Å². The second-order valence-corrected chi connectivity index (χ2v) is 4.18. The Labute approximate surface area is 86.3 Å². The van der Waals surface area contributed by atoms with Gasteiger partial charge in [0.25, 0.3) is 0 Å². The lowest BCUT2D eigenvalue weighted by atomic mass is 9.94. The standard InChI is InChI=1S/C11H21N3/c1-5-11(4,6-2)14-8-13-7-10(14)9(3)12/h7-9H,5-6,12H2,1-4H3. The van der Waals surface area contributed by atoms with Gasteiger partial charge in [0.2, 0.25) is 0 Å². The molecule has 0 amide bonds. The summed E-state index contributed by atoms with van der Waals surface area (Å²) < 4.78 is 2.22. The molecule has 3 nitrogen and oxygen atoms in total. The fourth-order valence-electron chi connectivity index (χ4n) is 1.68. The molecule has 1 heterocycles. The van der Waals surface area contributed by atoms with Crippen LogP contribution in [-0.2, 0) is 5.54 Å². The van der Waals surface area contributed by atoms with Crippen LogP contribution in [0.15, 0.2) is 12.5 Å². The van der Waals surface area contributed by atoms with Gasteiger partial charge in [0.1, 0.15) is 0 Å². The number of rotatable bonds is 4. The lowest BCUT2D eigenvalue weighted by molar-refractivity contribution is 0.282. The molecule has 0 spiro atoms. The first-order valence-corrected chi connectivity index (χ1v) is 5.33. The van der Waals surface area contributed by atoms with Gasteiger partial charge in [-0.25, -0.2) is 4.98 Å². The van der Waals surface area contributed by atoms with Crippen molar-refractivity contribution in [3.8, 4) is 0 Å². The first kappa shape index (κ1) is 11.2. The van der Waals surface area contributed by atoms with Crippen LogP contribution in [0.1, 0.15) is 52.3 Å². The normalized spacial score (nSPS) is 14.4. The SMILES string of the molecule is CCC(C)(CC)n1cncc1C(C)N. The van der Waals surface area contributed by atoms with Gasteiger partial charge in [-0.1, -0.05) is 13.8 Å². The van der Waals surface area contributed by atoms with Crippen molar-refractivity contribution in [2.75, 3.05) is 0 Å². The fraction of sp³-hybridized carbons (Fsp3) is 0.727. The minimum Gasteiger partial charge on any atom is -0.327 e. The van der Waals surface area contributed by atoms with Crippen molar-refractivity contribution >= 4 is 0 Å². The molecule has 0 aliphatic rings. The first-order valence-electron chi connectivity index (χ1n) is 5.33. The summed E-state index contributed by atoms with van der Waals surface area (Å²) in [5, 5.41) is 0. The Bertz CT molecular complexity index is 284. The summed E-state index contributed by atoms with van der Waals surface area (Å²) in [6.07, 6.45) is 5.96. The van der Waals surface area contributed by atoms with E-state index in [0.717, 1.165) is 18.5 Å². The van der Waals surface area contributed by atoms with Crippen LogP contribution < -0.4 is 5.73 Å². The summed E-state index contributed by atoms with van der Waals surface area (Å²) in [7, 11) is 0. The highest BCUT2D eigenvalue weighted by atomic mass is 15.1. The van der Waals surface area contributed by atoms with Crippen LogP contribution >= 0.6 is 0 Å². The zero-order chi connectivity index (χ0) is 10.8. The monoisotopic (exact) mass is 195 g/mol. The predicted octanol–water partition coefficient (Wildman–Crippen LogP) is 2.44. The zero-order valence-electron chi connectivity index (χ0n) is 9.62. The Morgan fingerprint density at radius 1 is 1.50 bits per heavy atom.